The monoisotopic (exact) mass is 273 g/mol. The van der Waals surface area contributed by atoms with Crippen LogP contribution >= 0.6 is 27.5 Å². The summed E-state index contributed by atoms with van der Waals surface area (Å²) in [6.45, 7) is 0.766. The number of hydrogen-bond acceptors (Lipinski definition) is 1. The van der Waals surface area contributed by atoms with Crippen LogP contribution in [0, 0.1) is 5.92 Å². The van der Waals surface area contributed by atoms with Gasteiger partial charge in [0, 0.05) is 9.50 Å². The van der Waals surface area contributed by atoms with Crippen LogP contribution in [0.1, 0.15) is 24.3 Å². The van der Waals surface area contributed by atoms with E-state index in [-0.39, 0.29) is 0 Å². The molecule has 3 heteroatoms. The van der Waals surface area contributed by atoms with Gasteiger partial charge in [0.25, 0.3) is 0 Å². The molecule has 1 nitrogen and oxygen atoms in total. The summed E-state index contributed by atoms with van der Waals surface area (Å²) < 4.78 is 1.12. The number of benzene rings is 1. The van der Waals surface area contributed by atoms with Crippen LogP contribution in [0.3, 0.4) is 0 Å². The summed E-state index contributed by atoms with van der Waals surface area (Å²) >= 11 is 9.74. The summed E-state index contributed by atoms with van der Waals surface area (Å²) in [7, 11) is 0. The van der Waals surface area contributed by atoms with E-state index in [1.165, 1.54) is 18.4 Å². The van der Waals surface area contributed by atoms with Crippen LogP contribution < -0.4 is 5.73 Å². The maximum absolute atomic E-state index is 6.19. The molecule has 0 heterocycles. The van der Waals surface area contributed by atoms with Gasteiger partial charge in [0.15, 0.2) is 0 Å². The largest absolute Gasteiger partial charge is 0.330 e. The average Bonchev–Trinajstić information content (AvgIpc) is 2.10. The highest BCUT2D eigenvalue weighted by molar-refractivity contribution is 9.10. The van der Waals surface area contributed by atoms with Crippen molar-refractivity contribution >= 4 is 27.5 Å². The van der Waals surface area contributed by atoms with Crippen molar-refractivity contribution in [2.45, 2.75) is 18.8 Å². The first-order chi connectivity index (χ1) is 6.74. The molecule has 2 unspecified atom stereocenters. The Balaban J connectivity index is 2.31. The van der Waals surface area contributed by atoms with Gasteiger partial charge in [-0.05, 0) is 48.9 Å². The molecule has 14 heavy (non-hydrogen) atoms. The van der Waals surface area contributed by atoms with Gasteiger partial charge in [-0.25, -0.2) is 0 Å². The van der Waals surface area contributed by atoms with Gasteiger partial charge in [0.05, 0.1) is 0 Å². The van der Waals surface area contributed by atoms with Crippen LogP contribution in [0.4, 0.5) is 0 Å². The van der Waals surface area contributed by atoms with Gasteiger partial charge < -0.3 is 5.73 Å². The first kappa shape index (κ1) is 10.5. The van der Waals surface area contributed by atoms with Gasteiger partial charge in [-0.1, -0.05) is 33.6 Å². The Morgan fingerprint density at radius 2 is 2.21 bits per heavy atom. The van der Waals surface area contributed by atoms with Crippen molar-refractivity contribution < 1.29 is 0 Å². The Hall–Kier alpha value is -0.0500. The molecule has 0 radical (unpaired) electrons. The van der Waals surface area contributed by atoms with E-state index >= 15 is 0 Å². The minimum Gasteiger partial charge on any atom is -0.330 e. The molecule has 0 bridgehead atoms. The second kappa shape index (κ2) is 4.21. The third-order valence-corrected chi connectivity index (χ3v) is 4.11. The molecule has 1 aliphatic rings. The Bertz CT molecular complexity index is 318. The van der Waals surface area contributed by atoms with E-state index < -0.39 is 0 Å². The van der Waals surface area contributed by atoms with Crippen LogP contribution in [-0.2, 0) is 0 Å². The molecule has 2 atom stereocenters. The van der Waals surface area contributed by atoms with Crippen LogP contribution in [0.25, 0.3) is 0 Å². The van der Waals surface area contributed by atoms with Gasteiger partial charge in [0.2, 0.25) is 0 Å². The summed E-state index contributed by atoms with van der Waals surface area (Å²) in [6.07, 6.45) is 2.45. The SMILES string of the molecule is NCC1CCC1c1c(Cl)cccc1Br. The molecule has 1 fully saturated rings. The molecule has 1 aromatic rings. The highest BCUT2D eigenvalue weighted by Crippen LogP contribution is 2.46. The first-order valence-electron chi connectivity index (χ1n) is 4.88. The number of nitrogens with two attached hydrogens (primary N) is 1. The van der Waals surface area contributed by atoms with Gasteiger partial charge in [0.1, 0.15) is 0 Å². The fourth-order valence-corrected chi connectivity index (χ4v) is 3.19. The van der Waals surface area contributed by atoms with Crippen LogP contribution in [-0.4, -0.2) is 6.54 Å². The first-order valence-corrected chi connectivity index (χ1v) is 6.05. The third kappa shape index (κ3) is 1.71. The zero-order valence-corrected chi connectivity index (χ0v) is 10.2. The summed E-state index contributed by atoms with van der Waals surface area (Å²) in [5, 5.41) is 0.863. The predicted octanol–water partition coefficient (Wildman–Crippen LogP) is 3.55. The molecule has 0 aliphatic heterocycles. The van der Waals surface area contributed by atoms with Crippen molar-refractivity contribution in [3.05, 3.63) is 33.3 Å². The average molecular weight is 275 g/mol. The van der Waals surface area contributed by atoms with Crippen molar-refractivity contribution in [3.8, 4) is 0 Å². The lowest BCUT2D eigenvalue weighted by molar-refractivity contribution is 0.263. The molecule has 1 aliphatic carbocycles. The zero-order valence-electron chi connectivity index (χ0n) is 7.84. The second-order valence-electron chi connectivity index (χ2n) is 3.81. The van der Waals surface area contributed by atoms with E-state index in [0.717, 1.165) is 16.0 Å². The smallest absolute Gasteiger partial charge is 0.0452 e. The highest BCUT2D eigenvalue weighted by atomic mass is 79.9. The maximum atomic E-state index is 6.19. The number of hydrogen-bond donors (Lipinski definition) is 1. The van der Waals surface area contributed by atoms with E-state index in [4.69, 9.17) is 17.3 Å². The van der Waals surface area contributed by atoms with Crippen molar-refractivity contribution in [2.75, 3.05) is 6.54 Å². The molecule has 0 aromatic heterocycles. The lowest BCUT2D eigenvalue weighted by atomic mass is 9.70. The van der Waals surface area contributed by atoms with Crippen molar-refractivity contribution in [1.29, 1.82) is 0 Å². The number of halogens is 2. The lowest BCUT2D eigenvalue weighted by Gasteiger charge is -2.37. The molecule has 2 rings (SSSR count). The van der Waals surface area contributed by atoms with Gasteiger partial charge >= 0.3 is 0 Å². The third-order valence-electron chi connectivity index (χ3n) is 3.09. The minimum absolute atomic E-state index is 0.558. The van der Waals surface area contributed by atoms with Crippen molar-refractivity contribution in [3.63, 3.8) is 0 Å². The Morgan fingerprint density at radius 1 is 1.43 bits per heavy atom. The van der Waals surface area contributed by atoms with E-state index in [1.54, 1.807) is 0 Å². The number of rotatable bonds is 2. The lowest BCUT2D eigenvalue weighted by Crippen LogP contribution is -2.30. The quantitative estimate of drug-likeness (QED) is 0.877. The van der Waals surface area contributed by atoms with Crippen LogP contribution in [0.5, 0.6) is 0 Å². The van der Waals surface area contributed by atoms with Gasteiger partial charge in [-0.2, -0.15) is 0 Å². The van der Waals surface area contributed by atoms with E-state index in [2.05, 4.69) is 15.9 Å². The van der Waals surface area contributed by atoms with Crippen molar-refractivity contribution in [2.24, 2.45) is 11.7 Å². The molecular formula is C11H13BrClN. The molecule has 1 saturated carbocycles. The van der Waals surface area contributed by atoms with E-state index in [0.29, 0.717) is 11.8 Å². The standard InChI is InChI=1S/C11H13BrClN/c12-9-2-1-3-10(13)11(9)8-5-4-7(8)6-14/h1-3,7-8H,4-6,14H2. The molecule has 1 aromatic carbocycles. The fraction of sp³-hybridized carbons (Fsp3) is 0.455. The van der Waals surface area contributed by atoms with Crippen LogP contribution in [0.2, 0.25) is 5.02 Å². The molecule has 0 amide bonds. The molecule has 0 spiro atoms. The van der Waals surface area contributed by atoms with E-state index in [9.17, 15) is 0 Å². The van der Waals surface area contributed by atoms with Crippen LogP contribution in [0.15, 0.2) is 22.7 Å². The maximum Gasteiger partial charge on any atom is 0.0452 e. The normalized spacial score (nSPS) is 25.9. The highest BCUT2D eigenvalue weighted by Gasteiger charge is 2.33. The zero-order chi connectivity index (χ0) is 10.1. The molecular weight excluding hydrogens is 261 g/mol. The predicted molar refractivity (Wildman–Crippen MR) is 63.7 cm³/mol. The molecule has 76 valence electrons. The molecule has 2 N–H and O–H groups in total. The minimum atomic E-state index is 0.558. The van der Waals surface area contributed by atoms with Crippen molar-refractivity contribution in [1.82, 2.24) is 0 Å². The Kier molecular flexibility index (Phi) is 3.15. The Morgan fingerprint density at radius 3 is 2.71 bits per heavy atom. The topological polar surface area (TPSA) is 26.0 Å². The van der Waals surface area contributed by atoms with E-state index in [1.807, 2.05) is 18.2 Å². The fourth-order valence-electron chi connectivity index (χ4n) is 2.10. The summed E-state index contributed by atoms with van der Waals surface area (Å²) in [5.41, 5.74) is 6.95. The van der Waals surface area contributed by atoms with Gasteiger partial charge in [-0.3, -0.25) is 0 Å². The van der Waals surface area contributed by atoms with Gasteiger partial charge in [-0.15, -0.1) is 0 Å². The molecule has 0 saturated heterocycles. The second-order valence-corrected chi connectivity index (χ2v) is 5.08. The Labute approximate surface area is 97.8 Å². The summed E-state index contributed by atoms with van der Waals surface area (Å²) in [6, 6.07) is 5.96. The summed E-state index contributed by atoms with van der Waals surface area (Å²) in [4.78, 5) is 0. The summed E-state index contributed by atoms with van der Waals surface area (Å²) in [5.74, 6) is 1.18.